The van der Waals surface area contributed by atoms with Crippen LogP contribution in [0.2, 0.25) is 5.02 Å². The van der Waals surface area contributed by atoms with Gasteiger partial charge >= 0.3 is 11.7 Å². The molecule has 7 nitrogen and oxygen atoms in total. The van der Waals surface area contributed by atoms with Crippen LogP contribution in [-0.2, 0) is 16.0 Å². The van der Waals surface area contributed by atoms with Crippen LogP contribution in [0.4, 0.5) is 5.69 Å². The lowest BCUT2D eigenvalue weighted by molar-refractivity contribution is -0.385. The van der Waals surface area contributed by atoms with Crippen LogP contribution in [0, 0.1) is 21.4 Å². The van der Waals surface area contributed by atoms with E-state index in [0.717, 1.165) is 0 Å². The Labute approximate surface area is 142 Å². The number of rotatable bonds is 5. The molecule has 0 aromatic heterocycles. The lowest BCUT2D eigenvalue weighted by Gasteiger charge is -2.10. The number of nitro groups is 1. The fourth-order valence-electron chi connectivity index (χ4n) is 1.91. The van der Waals surface area contributed by atoms with Crippen LogP contribution in [-0.4, -0.2) is 18.0 Å². The first-order valence-corrected chi connectivity index (χ1v) is 7.04. The predicted octanol–water partition coefficient (Wildman–Crippen LogP) is 3.63. The summed E-state index contributed by atoms with van der Waals surface area (Å²) in [6.45, 7) is 0. The monoisotopic (exact) mass is 346 g/mol. The third-order valence-corrected chi connectivity index (χ3v) is 3.39. The van der Waals surface area contributed by atoms with E-state index in [2.05, 4.69) is 4.74 Å². The van der Waals surface area contributed by atoms with Crippen LogP contribution in [0.15, 0.2) is 36.4 Å². The Kier molecular flexibility index (Phi) is 5.35. The molecule has 0 amide bonds. The molecule has 0 fully saturated rings. The highest BCUT2D eigenvalue weighted by Gasteiger charge is 2.19. The fraction of sp³-hybridized carbons (Fsp3) is 0.125. The van der Waals surface area contributed by atoms with Crippen LogP contribution in [0.1, 0.15) is 11.1 Å². The van der Waals surface area contributed by atoms with Crippen LogP contribution < -0.4 is 4.74 Å². The highest BCUT2D eigenvalue weighted by Crippen LogP contribution is 2.36. The molecule has 0 unspecified atom stereocenters. The van der Waals surface area contributed by atoms with E-state index in [9.17, 15) is 14.9 Å². The van der Waals surface area contributed by atoms with Gasteiger partial charge < -0.3 is 9.47 Å². The zero-order chi connectivity index (χ0) is 17.7. The van der Waals surface area contributed by atoms with Crippen molar-refractivity contribution in [1.82, 2.24) is 0 Å². The van der Waals surface area contributed by atoms with E-state index in [1.807, 2.05) is 6.07 Å². The second-order valence-corrected chi connectivity index (χ2v) is 5.08. The third kappa shape index (κ3) is 4.00. The molecule has 0 bridgehead atoms. The van der Waals surface area contributed by atoms with Gasteiger partial charge in [0.25, 0.3) is 0 Å². The Morgan fingerprint density at radius 2 is 2.04 bits per heavy atom. The van der Waals surface area contributed by atoms with Crippen molar-refractivity contribution >= 4 is 23.3 Å². The summed E-state index contributed by atoms with van der Waals surface area (Å²) in [4.78, 5) is 21.9. The first-order chi connectivity index (χ1) is 11.4. The van der Waals surface area contributed by atoms with Gasteiger partial charge in [-0.05, 0) is 23.8 Å². The summed E-state index contributed by atoms with van der Waals surface area (Å²) in [5, 5.41) is 20.3. The zero-order valence-electron chi connectivity index (χ0n) is 12.5. The maximum Gasteiger partial charge on any atom is 0.311 e. The molecule has 0 heterocycles. The topological polar surface area (TPSA) is 102 Å². The third-order valence-electron chi connectivity index (χ3n) is 3.08. The summed E-state index contributed by atoms with van der Waals surface area (Å²) in [7, 11) is 1.25. The van der Waals surface area contributed by atoms with Gasteiger partial charge in [-0.15, -0.1) is 0 Å². The van der Waals surface area contributed by atoms with Crippen molar-refractivity contribution in [2.24, 2.45) is 0 Å². The molecule has 0 spiro atoms. The Hall–Kier alpha value is -3.11. The highest BCUT2D eigenvalue weighted by molar-refractivity contribution is 6.32. The molecule has 8 heteroatoms. The quantitative estimate of drug-likeness (QED) is 0.465. The Balaban J connectivity index is 2.43. The number of ether oxygens (including phenoxy) is 2. The fourth-order valence-corrected chi connectivity index (χ4v) is 2.07. The molecule has 0 aliphatic rings. The van der Waals surface area contributed by atoms with Gasteiger partial charge in [0.2, 0.25) is 5.75 Å². The van der Waals surface area contributed by atoms with Crippen molar-refractivity contribution < 1.29 is 19.2 Å². The molecule has 0 aliphatic heterocycles. The van der Waals surface area contributed by atoms with Crippen molar-refractivity contribution in [3.8, 4) is 17.6 Å². The minimum atomic E-state index is -0.612. The smallest absolute Gasteiger partial charge is 0.311 e. The van der Waals surface area contributed by atoms with Crippen molar-refractivity contribution in [3.63, 3.8) is 0 Å². The molecule has 2 aromatic rings. The standard InChI is InChI=1S/C16H11ClN2O5/c1-23-16(20)8-10-3-5-13(19(21)22)15(6-10)24-14-7-11(9-18)2-4-12(14)17/h2-7H,8H2,1H3. The van der Waals surface area contributed by atoms with Gasteiger partial charge in [0, 0.05) is 12.1 Å². The molecule has 2 rings (SSSR count). The molecule has 0 radical (unpaired) electrons. The number of hydrogen-bond acceptors (Lipinski definition) is 6. The first-order valence-electron chi connectivity index (χ1n) is 6.66. The second-order valence-electron chi connectivity index (χ2n) is 4.67. The number of halogens is 1. The average molecular weight is 347 g/mol. The Bertz CT molecular complexity index is 845. The number of benzene rings is 2. The molecule has 0 saturated heterocycles. The van der Waals surface area contributed by atoms with E-state index in [1.54, 1.807) is 0 Å². The largest absolute Gasteiger partial charge is 0.469 e. The molecule has 24 heavy (non-hydrogen) atoms. The van der Waals surface area contributed by atoms with Gasteiger partial charge in [-0.3, -0.25) is 14.9 Å². The number of nitro benzene ring substituents is 1. The summed E-state index contributed by atoms with van der Waals surface area (Å²) in [5.74, 6) is -0.466. The van der Waals surface area contributed by atoms with Crippen LogP contribution in [0.25, 0.3) is 0 Å². The van der Waals surface area contributed by atoms with Gasteiger partial charge in [-0.1, -0.05) is 17.7 Å². The summed E-state index contributed by atoms with van der Waals surface area (Å²) in [5.41, 5.74) is 0.486. The Morgan fingerprint density at radius 1 is 1.29 bits per heavy atom. The van der Waals surface area contributed by atoms with E-state index >= 15 is 0 Å². The maximum absolute atomic E-state index is 11.4. The number of nitriles is 1. The molecular weight excluding hydrogens is 336 g/mol. The van der Waals surface area contributed by atoms with E-state index in [0.29, 0.717) is 11.1 Å². The summed E-state index contributed by atoms with van der Waals surface area (Å²) in [6, 6.07) is 10.3. The summed E-state index contributed by atoms with van der Waals surface area (Å²) < 4.78 is 10.1. The predicted molar refractivity (Wildman–Crippen MR) is 85.1 cm³/mol. The minimum absolute atomic E-state index is 0.0587. The van der Waals surface area contributed by atoms with E-state index in [-0.39, 0.29) is 28.6 Å². The highest BCUT2D eigenvalue weighted by atomic mass is 35.5. The molecule has 122 valence electrons. The van der Waals surface area contributed by atoms with E-state index in [4.69, 9.17) is 21.6 Å². The lowest BCUT2D eigenvalue weighted by atomic mass is 10.1. The maximum atomic E-state index is 11.4. The zero-order valence-corrected chi connectivity index (χ0v) is 13.2. The number of nitrogens with zero attached hydrogens (tertiary/aromatic N) is 2. The van der Waals surface area contributed by atoms with Crippen LogP contribution in [0.5, 0.6) is 11.5 Å². The number of methoxy groups -OCH3 is 1. The number of carbonyl (C=O) groups excluding carboxylic acids is 1. The average Bonchev–Trinajstić information content (AvgIpc) is 2.56. The van der Waals surface area contributed by atoms with Gasteiger partial charge in [0.05, 0.1) is 35.1 Å². The van der Waals surface area contributed by atoms with Crippen LogP contribution in [0.3, 0.4) is 0 Å². The summed E-state index contributed by atoms with van der Waals surface area (Å²) >= 11 is 6.00. The van der Waals surface area contributed by atoms with Crippen molar-refractivity contribution in [2.45, 2.75) is 6.42 Å². The van der Waals surface area contributed by atoms with E-state index < -0.39 is 10.9 Å². The van der Waals surface area contributed by atoms with Crippen molar-refractivity contribution in [1.29, 1.82) is 5.26 Å². The normalized spacial score (nSPS) is 9.88. The van der Waals surface area contributed by atoms with Gasteiger partial charge in [-0.2, -0.15) is 5.26 Å². The van der Waals surface area contributed by atoms with Crippen LogP contribution >= 0.6 is 11.6 Å². The molecular formula is C16H11ClN2O5. The first kappa shape index (κ1) is 17.2. The lowest BCUT2D eigenvalue weighted by Crippen LogP contribution is -2.05. The second kappa shape index (κ2) is 7.44. The SMILES string of the molecule is COC(=O)Cc1ccc([N+](=O)[O-])c(Oc2cc(C#N)ccc2Cl)c1. The van der Waals surface area contributed by atoms with E-state index in [1.165, 1.54) is 43.5 Å². The molecule has 0 atom stereocenters. The van der Waals surface area contributed by atoms with Gasteiger partial charge in [-0.25, -0.2) is 0 Å². The molecule has 0 N–H and O–H groups in total. The van der Waals surface area contributed by atoms with Gasteiger partial charge in [0.15, 0.2) is 0 Å². The number of esters is 1. The molecule has 2 aromatic carbocycles. The van der Waals surface area contributed by atoms with Crippen molar-refractivity contribution in [2.75, 3.05) is 7.11 Å². The molecule has 0 aliphatic carbocycles. The number of hydrogen-bond donors (Lipinski definition) is 0. The number of carbonyl (C=O) groups is 1. The minimum Gasteiger partial charge on any atom is -0.469 e. The van der Waals surface area contributed by atoms with Crippen molar-refractivity contribution in [3.05, 3.63) is 62.7 Å². The molecule has 0 saturated carbocycles. The van der Waals surface area contributed by atoms with Gasteiger partial charge in [0.1, 0.15) is 5.75 Å². The Morgan fingerprint density at radius 3 is 2.67 bits per heavy atom. The summed E-state index contributed by atoms with van der Waals surface area (Å²) in [6.07, 6.45) is -0.0587.